The average molecular weight is 248 g/mol. The summed E-state index contributed by atoms with van der Waals surface area (Å²) < 4.78 is 0. The lowest BCUT2D eigenvalue weighted by molar-refractivity contribution is 0.338. The van der Waals surface area contributed by atoms with Crippen molar-refractivity contribution in [3.8, 4) is 0 Å². The van der Waals surface area contributed by atoms with E-state index in [-0.39, 0.29) is 0 Å². The lowest BCUT2D eigenvalue weighted by Gasteiger charge is -2.23. The Morgan fingerprint density at radius 3 is 2.06 bits per heavy atom. The summed E-state index contributed by atoms with van der Waals surface area (Å²) in [6, 6.07) is 9.31. The monoisotopic (exact) mass is 248 g/mol. The number of hydrogen-bond acceptors (Lipinski definition) is 2. The van der Waals surface area contributed by atoms with Gasteiger partial charge in [0.1, 0.15) is 0 Å². The second-order valence-corrected chi connectivity index (χ2v) is 6.43. The number of rotatable bonds is 5. The summed E-state index contributed by atoms with van der Waals surface area (Å²) in [5.41, 5.74) is 3.04. The molecule has 1 unspecified atom stereocenters. The molecule has 1 N–H and O–H groups in total. The van der Waals surface area contributed by atoms with E-state index in [4.69, 9.17) is 0 Å². The first-order valence-electron chi connectivity index (χ1n) is 6.78. The maximum atomic E-state index is 3.43. The number of nitrogens with zero attached hydrogens (tertiary/aromatic N) is 1. The van der Waals surface area contributed by atoms with Gasteiger partial charge in [-0.2, -0.15) is 0 Å². The highest BCUT2D eigenvalue weighted by molar-refractivity contribution is 5.46. The molecule has 1 rings (SSSR count). The first-order chi connectivity index (χ1) is 8.33. The number of hydrogen-bond donors (Lipinski definition) is 1. The quantitative estimate of drug-likeness (QED) is 0.851. The van der Waals surface area contributed by atoms with Crippen LogP contribution < -0.4 is 10.2 Å². The summed E-state index contributed by atoms with van der Waals surface area (Å²) in [4.78, 5) is 2.13. The van der Waals surface area contributed by atoms with Gasteiger partial charge in [-0.25, -0.2) is 0 Å². The molecule has 0 aliphatic carbocycles. The molecule has 18 heavy (non-hydrogen) atoms. The summed E-state index contributed by atoms with van der Waals surface area (Å²) in [6.45, 7) is 6.90. The van der Waals surface area contributed by atoms with Gasteiger partial charge < -0.3 is 10.2 Å². The van der Waals surface area contributed by atoms with E-state index >= 15 is 0 Å². The van der Waals surface area contributed by atoms with E-state index in [0.717, 1.165) is 0 Å². The van der Waals surface area contributed by atoms with Gasteiger partial charge in [0.2, 0.25) is 0 Å². The van der Waals surface area contributed by atoms with Gasteiger partial charge in [-0.1, -0.05) is 32.9 Å². The fourth-order valence-corrected chi connectivity index (χ4v) is 2.06. The Labute approximate surface area is 112 Å². The van der Waals surface area contributed by atoms with Crippen LogP contribution in [0.1, 0.15) is 45.2 Å². The summed E-state index contributed by atoms with van der Waals surface area (Å²) in [5.74, 6) is 0. The van der Waals surface area contributed by atoms with Crippen LogP contribution >= 0.6 is 0 Å². The van der Waals surface area contributed by atoms with Gasteiger partial charge >= 0.3 is 0 Å². The van der Waals surface area contributed by atoms with E-state index in [1.165, 1.54) is 24.1 Å². The predicted octanol–water partition coefficient (Wildman–Crippen LogP) is 3.84. The van der Waals surface area contributed by atoms with Crippen molar-refractivity contribution in [1.82, 2.24) is 5.32 Å². The molecule has 0 heterocycles. The third-order valence-electron chi connectivity index (χ3n) is 3.34. The molecule has 2 heteroatoms. The van der Waals surface area contributed by atoms with E-state index < -0.39 is 0 Å². The van der Waals surface area contributed by atoms with Crippen molar-refractivity contribution in [1.29, 1.82) is 0 Å². The van der Waals surface area contributed by atoms with E-state index in [1.54, 1.807) is 0 Å². The fourth-order valence-electron chi connectivity index (χ4n) is 2.06. The average Bonchev–Trinajstić information content (AvgIpc) is 2.29. The highest BCUT2D eigenvalue weighted by atomic mass is 15.1. The van der Waals surface area contributed by atoms with Gasteiger partial charge in [0.25, 0.3) is 0 Å². The van der Waals surface area contributed by atoms with Crippen LogP contribution in [0.3, 0.4) is 0 Å². The van der Waals surface area contributed by atoms with Gasteiger partial charge in [-0.15, -0.1) is 0 Å². The van der Waals surface area contributed by atoms with Crippen molar-refractivity contribution < 1.29 is 0 Å². The molecule has 1 aromatic rings. The van der Waals surface area contributed by atoms with Gasteiger partial charge in [-0.05, 0) is 43.0 Å². The van der Waals surface area contributed by atoms with Crippen molar-refractivity contribution >= 4 is 5.69 Å². The first-order valence-corrected chi connectivity index (χ1v) is 6.78. The van der Waals surface area contributed by atoms with Gasteiger partial charge in [-0.3, -0.25) is 0 Å². The molecule has 0 radical (unpaired) electrons. The van der Waals surface area contributed by atoms with Gasteiger partial charge in [0.05, 0.1) is 0 Å². The predicted molar refractivity (Wildman–Crippen MR) is 81.3 cm³/mol. The highest BCUT2D eigenvalue weighted by Crippen LogP contribution is 2.27. The summed E-state index contributed by atoms with van der Waals surface area (Å²) >= 11 is 0. The summed E-state index contributed by atoms with van der Waals surface area (Å²) in [5, 5.41) is 3.43. The van der Waals surface area contributed by atoms with Crippen LogP contribution in [-0.4, -0.2) is 21.1 Å². The standard InChI is InChI=1S/C16H28N2/c1-16(2,3)12-11-15(17-4)13-7-9-14(10-8-13)18(5)6/h7-10,15,17H,11-12H2,1-6H3. The molecule has 0 bridgehead atoms. The molecule has 1 atom stereocenters. The number of anilines is 1. The van der Waals surface area contributed by atoms with Crippen molar-refractivity contribution in [2.75, 3.05) is 26.0 Å². The van der Waals surface area contributed by atoms with Crippen molar-refractivity contribution in [2.24, 2.45) is 5.41 Å². The first kappa shape index (κ1) is 15.0. The van der Waals surface area contributed by atoms with E-state index in [0.29, 0.717) is 11.5 Å². The zero-order valence-corrected chi connectivity index (χ0v) is 12.7. The lowest BCUT2D eigenvalue weighted by Crippen LogP contribution is -2.19. The Bertz CT molecular complexity index is 346. The molecule has 2 nitrogen and oxygen atoms in total. The Morgan fingerprint density at radius 2 is 1.67 bits per heavy atom. The van der Waals surface area contributed by atoms with Crippen LogP contribution in [0.25, 0.3) is 0 Å². The minimum atomic E-state index is 0.401. The van der Waals surface area contributed by atoms with Crippen LogP contribution in [0.5, 0.6) is 0 Å². The fraction of sp³-hybridized carbons (Fsp3) is 0.625. The van der Waals surface area contributed by atoms with Crippen molar-refractivity contribution in [3.63, 3.8) is 0 Å². The third-order valence-corrected chi connectivity index (χ3v) is 3.34. The molecule has 0 aliphatic rings. The normalized spacial score (nSPS) is 13.4. The third kappa shape index (κ3) is 4.69. The topological polar surface area (TPSA) is 15.3 Å². The van der Waals surface area contributed by atoms with Crippen LogP contribution in [-0.2, 0) is 0 Å². The maximum Gasteiger partial charge on any atom is 0.0361 e. The van der Waals surface area contributed by atoms with Crippen LogP contribution in [0, 0.1) is 5.41 Å². The zero-order chi connectivity index (χ0) is 13.8. The lowest BCUT2D eigenvalue weighted by atomic mass is 9.87. The van der Waals surface area contributed by atoms with Crippen LogP contribution in [0.4, 0.5) is 5.69 Å². The molecule has 0 amide bonds. The molecule has 0 aliphatic heterocycles. The number of benzene rings is 1. The largest absolute Gasteiger partial charge is 0.378 e. The Kier molecular flexibility index (Phi) is 5.21. The molecule has 0 fully saturated rings. The van der Waals surface area contributed by atoms with Crippen molar-refractivity contribution in [2.45, 2.75) is 39.7 Å². The smallest absolute Gasteiger partial charge is 0.0361 e. The Morgan fingerprint density at radius 1 is 1.11 bits per heavy atom. The van der Waals surface area contributed by atoms with Crippen molar-refractivity contribution in [3.05, 3.63) is 29.8 Å². The van der Waals surface area contributed by atoms with E-state index in [2.05, 4.69) is 69.3 Å². The number of nitrogens with one attached hydrogen (secondary N) is 1. The molecule has 0 saturated heterocycles. The maximum absolute atomic E-state index is 3.43. The minimum absolute atomic E-state index is 0.401. The molecular formula is C16H28N2. The summed E-state index contributed by atoms with van der Waals surface area (Å²) in [7, 11) is 6.20. The molecular weight excluding hydrogens is 220 g/mol. The zero-order valence-electron chi connectivity index (χ0n) is 12.7. The van der Waals surface area contributed by atoms with E-state index in [1.807, 2.05) is 7.05 Å². The molecule has 0 spiro atoms. The van der Waals surface area contributed by atoms with Gasteiger partial charge in [0, 0.05) is 25.8 Å². The highest BCUT2D eigenvalue weighted by Gasteiger charge is 2.15. The second-order valence-electron chi connectivity index (χ2n) is 6.43. The SMILES string of the molecule is CNC(CCC(C)(C)C)c1ccc(N(C)C)cc1. The Balaban J connectivity index is 2.70. The minimum Gasteiger partial charge on any atom is -0.378 e. The van der Waals surface area contributed by atoms with E-state index in [9.17, 15) is 0 Å². The molecule has 0 saturated carbocycles. The molecule has 0 aromatic heterocycles. The van der Waals surface area contributed by atoms with Gasteiger partial charge in [0.15, 0.2) is 0 Å². The Hall–Kier alpha value is -1.02. The summed E-state index contributed by atoms with van der Waals surface area (Å²) in [6.07, 6.45) is 2.41. The molecule has 1 aromatic carbocycles. The molecule has 102 valence electrons. The van der Waals surface area contributed by atoms with Crippen LogP contribution in [0.15, 0.2) is 24.3 Å². The van der Waals surface area contributed by atoms with Crippen LogP contribution in [0.2, 0.25) is 0 Å². The second kappa shape index (κ2) is 6.24.